The zero-order chi connectivity index (χ0) is 12.2. The molecule has 90 valence electrons. The molecule has 0 aliphatic carbocycles. The molecule has 1 N–H and O–H groups in total. The van der Waals surface area contributed by atoms with E-state index in [1.54, 1.807) is 25.1 Å². The largest absolute Gasteiger partial charge is 0.496 e. The Labute approximate surface area is 101 Å². The van der Waals surface area contributed by atoms with Crippen LogP contribution < -0.4 is 9.46 Å². The van der Waals surface area contributed by atoms with E-state index in [0.29, 0.717) is 16.3 Å². The van der Waals surface area contributed by atoms with E-state index in [1.165, 1.54) is 7.11 Å². The first-order valence-corrected chi connectivity index (χ1v) is 6.82. The van der Waals surface area contributed by atoms with E-state index in [4.69, 9.17) is 16.3 Å². The fraction of sp³-hybridized carbons (Fsp3) is 0.400. The van der Waals surface area contributed by atoms with Crippen molar-refractivity contribution in [3.8, 4) is 5.75 Å². The molecule has 0 atom stereocenters. The fourth-order valence-electron chi connectivity index (χ4n) is 1.19. The number of halogens is 1. The smallest absolute Gasteiger partial charge is 0.211 e. The van der Waals surface area contributed by atoms with Gasteiger partial charge in [0.05, 0.1) is 12.9 Å². The first-order valence-electron chi connectivity index (χ1n) is 4.79. The number of ether oxygens (including phenoxy) is 1. The lowest BCUT2D eigenvalue weighted by Crippen LogP contribution is -2.25. The van der Waals surface area contributed by atoms with Crippen LogP contribution in [0.25, 0.3) is 0 Å². The monoisotopic (exact) mass is 263 g/mol. The van der Waals surface area contributed by atoms with E-state index < -0.39 is 10.0 Å². The van der Waals surface area contributed by atoms with Gasteiger partial charge in [-0.3, -0.25) is 0 Å². The van der Waals surface area contributed by atoms with Crippen molar-refractivity contribution in [2.75, 3.05) is 12.9 Å². The van der Waals surface area contributed by atoms with Gasteiger partial charge in [-0.15, -0.1) is 0 Å². The average Bonchev–Trinajstić information content (AvgIpc) is 2.27. The molecule has 0 aliphatic heterocycles. The van der Waals surface area contributed by atoms with E-state index in [-0.39, 0.29) is 12.3 Å². The minimum Gasteiger partial charge on any atom is -0.496 e. The molecule has 0 fully saturated rings. The number of hydrogen-bond donors (Lipinski definition) is 1. The molecule has 1 rings (SSSR count). The van der Waals surface area contributed by atoms with Crippen molar-refractivity contribution in [2.24, 2.45) is 0 Å². The highest BCUT2D eigenvalue weighted by Crippen LogP contribution is 2.25. The summed E-state index contributed by atoms with van der Waals surface area (Å²) in [5.41, 5.74) is 0.642. The lowest BCUT2D eigenvalue weighted by Gasteiger charge is -2.10. The molecule has 0 radical (unpaired) electrons. The van der Waals surface area contributed by atoms with Gasteiger partial charge in [-0.1, -0.05) is 17.7 Å². The van der Waals surface area contributed by atoms with E-state index in [1.807, 2.05) is 0 Å². The standard InChI is InChI=1S/C10H14ClNO3S/c1-3-16(13,14)12-7-8-9(11)5-4-6-10(8)15-2/h4-6,12H,3,7H2,1-2H3. The molecular formula is C10H14ClNO3S. The maximum atomic E-state index is 11.3. The van der Waals surface area contributed by atoms with Crippen LogP contribution in [0.15, 0.2) is 18.2 Å². The average molecular weight is 264 g/mol. The van der Waals surface area contributed by atoms with Gasteiger partial charge >= 0.3 is 0 Å². The number of methoxy groups -OCH3 is 1. The van der Waals surface area contributed by atoms with Crippen molar-refractivity contribution in [1.82, 2.24) is 4.72 Å². The zero-order valence-electron chi connectivity index (χ0n) is 9.16. The molecular weight excluding hydrogens is 250 g/mol. The Morgan fingerprint density at radius 1 is 1.44 bits per heavy atom. The number of hydrogen-bond acceptors (Lipinski definition) is 3. The number of nitrogens with one attached hydrogen (secondary N) is 1. The highest BCUT2D eigenvalue weighted by molar-refractivity contribution is 7.89. The van der Waals surface area contributed by atoms with Gasteiger partial charge in [0.2, 0.25) is 10.0 Å². The number of benzene rings is 1. The summed E-state index contributed by atoms with van der Waals surface area (Å²) in [6.07, 6.45) is 0. The molecule has 0 bridgehead atoms. The van der Waals surface area contributed by atoms with Crippen LogP contribution in [0.4, 0.5) is 0 Å². The summed E-state index contributed by atoms with van der Waals surface area (Å²) in [5.74, 6) is 0.617. The topological polar surface area (TPSA) is 55.4 Å². The van der Waals surface area contributed by atoms with Crippen molar-refractivity contribution in [3.05, 3.63) is 28.8 Å². The molecule has 4 nitrogen and oxygen atoms in total. The first-order chi connectivity index (χ1) is 7.50. The Hall–Kier alpha value is -0.780. The molecule has 1 aromatic rings. The van der Waals surface area contributed by atoms with Crippen LogP contribution >= 0.6 is 11.6 Å². The lowest BCUT2D eigenvalue weighted by molar-refractivity contribution is 0.409. The lowest BCUT2D eigenvalue weighted by atomic mass is 10.2. The van der Waals surface area contributed by atoms with Crippen LogP contribution in [0, 0.1) is 0 Å². The third-order valence-corrected chi connectivity index (χ3v) is 3.84. The summed E-state index contributed by atoms with van der Waals surface area (Å²) in [5, 5.41) is 0.484. The molecule has 0 aromatic heterocycles. The van der Waals surface area contributed by atoms with E-state index in [2.05, 4.69) is 4.72 Å². The molecule has 0 saturated carbocycles. The Morgan fingerprint density at radius 3 is 2.69 bits per heavy atom. The quantitative estimate of drug-likeness (QED) is 0.881. The van der Waals surface area contributed by atoms with Crippen molar-refractivity contribution in [3.63, 3.8) is 0 Å². The van der Waals surface area contributed by atoms with Gasteiger partial charge in [-0.2, -0.15) is 0 Å². The van der Waals surface area contributed by atoms with E-state index in [0.717, 1.165) is 0 Å². The van der Waals surface area contributed by atoms with Crippen molar-refractivity contribution < 1.29 is 13.2 Å². The molecule has 0 amide bonds. The second-order valence-corrected chi connectivity index (χ2v) is 5.65. The van der Waals surface area contributed by atoms with Crippen LogP contribution in [-0.2, 0) is 16.6 Å². The van der Waals surface area contributed by atoms with Gasteiger partial charge in [0.1, 0.15) is 5.75 Å². The van der Waals surface area contributed by atoms with Gasteiger partial charge in [0, 0.05) is 17.1 Å². The zero-order valence-corrected chi connectivity index (χ0v) is 10.7. The molecule has 6 heteroatoms. The minimum absolute atomic E-state index is 0.0414. The third kappa shape index (κ3) is 3.37. The predicted octanol–water partition coefficient (Wildman–Crippen LogP) is 1.79. The van der Waals surface area contributed by atoms with Crippen molar-refractivity contribution in [1.29, 1.82) is 0 Å². The number of rotatable bonds is 5. The highest BCUT2D eigenvalue weighted by Gasteiger charge is 2.11. The summed E-state index contributed by atoms with van der Waals surface area (Å²) in [6, 6.07) is 5.18. The molecule has 1 aromatic carbocycles. The van der Waals surface area contributed by atoms with Gasteiger partial charge in [0.25, 0.3) is 0 Å². The number of sulfonamides is 1. The predicted molar refractivity (Wildman–Crippen MR) is 64.3 cm³/mol. The van der Waals surface area contributed by atoms with Gasteiger partial charge in [0.15, 0.2) is 0 Å². The maximum Gasteiger partial charge on any atom is 0.211 e. The van der Waals surface area contributed by atoms with Crippen LogP contribution in [0.2, 0.25) is 5.02 Å². The Kier molecular flexibility index (Phi) is 4.58. The van der Waals surface area contributed by atoms with Crippen molar-refractivity contribution in [2.45, 2.75) is 13.5 Å². The van der Waals surface area contributed by atoms with E-state index >= 15 is 0 Å². The SMILES string of the molecule is CCS(=O)(=O)NCc1c(Cl)cccc1OC. The molecule has 0 aliphatic rings. The van der Waals surface area contributed by atoms with Gasteiger partial charge < -0.3 is 4.74 Å². The van der Waals surface area contributed by atoms with Crippen LogP contribution in [0.5, 0.6) is 5.75 Å². The molecule has 0 heterocycles. The van der Waals surface area contributed by atoms with Crippen molar-refractivity contribution >= 4 is 21.6 Å². The van der Waals surface area contributed by atoms with Gasteiger partial charge in [-0.05, 0) is 19.1 Å². The van der Waals surface area contributed by atoms with Gasteiger partial charge in [-0.25, -0.2) is 13.1 Å². The second kappa shape index (κ2) is 5.52. The van der Waals surface area contributed by atoms with Crippen LogP contribution in [-0.4, -0.2) is 21.3 Å². The molecule has 16 heavy (non-hydrogen) atoms. The molecule has 0 spiro atoms. The van der Waals surface area contributed by atoms with Crippen LogP contribution in [0.3, 0.4) is 0 Å². The Bertz CT molecular complexity index is 459. The summed E-state index contributed by atoms with van der Waals surface area (Å²) in [4.78, 5) is 0. The first kappa shape index (κ1) is 13.3. The summed E-state index contributed by atoms with van der Waals surface area (Å²) in [7, 11) is -1.71. The Morgan fingerprint density at radius 2 is 2.12 bits per heavy atom. The Balaban J connectivity index is 2.89. The summed E-state index contributed by atoms with van der Waals surface area (Å²) in [6.45, 7) is 1.71. The summed E-state index contributed by atoms with van der Waals surface area (Å²) >= 11 is 5.97. The fourth-order valence-corrected chi connectivity index (χ4v) is 1.99. The molecule has 0 unspecified atom stereocenters. The highest BCUT2D eigenvalue weighted by atomic mass is 35.5. The minimum atomic E-state index is -3.22. The second-order valence-electron chi connectivity index (χ2n) is 3.15. The maximum absolute atomic E-state index is 11.3. The normalized spacial score (nSPS) is 11.4. The van der Waals surface area contributed by atoms with E-state index in [9.17, 15) is 8.42 Å². The third-order valence-electron chi connectivity index (χ3n) is 2.14. The van der Waals surface area contributed by atoms with Crippen LogP contribution in [0.1, 0.15) is 12.5 Å². The molecule has 0 saturated heterocycles. The summed E-state index contributed by atoms with van der Waals surface area (Å²) < 4.78 is 30.1.